The molecule has 2 radical (unpaired) electrons. The second kappa shape index (κ2) is 9.65. The monoisotopic (exact) mass is 407 g/mol. The second-order valence-electron chi connectivity index (χ2n) is 7.89. The quantitative estimate of drug-likeness (QED) is 0.500. The van der Waals surface area contributed by atoms with Crippen LogP contribution in [0, 0.1) is 0 Å². The van der Waals surface area contributed by atoms with E-state index in [0.717, 1.165) is 18.0 Å². The van der Waals surface area contributed by atoms with Crippen LogP contribution in [-0.4, -0.2) is 48.5 Å². The minimum Gasteiger partial charge on any atom is -0.387 e. The zero-order chi connectivity index (χ0) is 21.7. The highest BCUT2D eigenvalue weighted by atomic mass is 32.2. The Labute approximate surface area is 165 Å². The van der Waals surface area contributed by atoms with Crippen LogP contribution in [-0.2, 0) is 10.9 Å². The Morgan fingerprint density at radius 1 is 1.04 bits per heavy atom. The molecule has 1 aromatic carbocycles. The predicted molar refractivity (Wildman–Crippen MR) is 104 cm³/mol. The van der Waals surface area contributed by atoms with Gasteiger partial charge in [0.1, 0.15) is 7.85 Å². The van der Waals surface area contributed by atoms with Crippen LogP contribution < -0.4 is 10.2 Å². The number of nitrogens with one attached hydrogen (secondary N) is 1. The van der Waals surface area contributed by atoms with E-state index in [1.54, 1.807) is 34.8 Å². The number of aliphatic hydroxyl groups is 2. The normalized spacial score (nSPS) is 13.2. The molecule has 3 N–H and O–H groups in total. The molecule has 4 nitrogen and oxygen atoms in total. The van der Waals surface area contributed by atoms with Crippen LogP contribution >= 0.6 is 11.9 Å². The van der Waals surface area contributed by atoms with Gasteiger partial charge >= 0.3 is 6.18 Å². The number of benzene rings is 1. The number of alkyl halides is 3. The van der Waals surface area contributed by atoms with E-state index in [0.29, 0.717) is 6.61 Å². The SMILES string of the molecule is CC(C)(O)C(C)(C)O.[B]c1ccc(SNC(C)(C)COC)c(C(F)(F)F)c1. The van der Waals surface area contributed by atoms with Crippen molar-refractivity contribution < 1.29 is 28.1 Å². The molecule has 1 aromatic rings. The van der Waals surface area contributed by atoms with Crippen LogP contribution in [0.1, 0.15) is 47.1 Å². The van der Waals surface area contributed by atoms with Crippen LogP contribution in [0.15, 0.2) is 23.1 Å². The smallest absolute Gasteiger partial charge is 0.387 e. The van der Waals surface area contributed by atoms with Crippen LogP contribution in [0.5, 0.6) is 0 Å². The summed E-state index contributed by atoms with van der Waals surface area (Å²) < 4.78 is 46.6. The van der Waals surface area contributed by atoms with E-state index in [4.69, 9.17) is 22.8 Å². The maximum Gasteiger partial charge on any atom is 0.417 e. The number of ether oxygens (including phenoxy) is 1. The molecule has 0 aliphatic carbocycles. The Hall–Kier alpha value is -0.735. The lowest BCUT2D eigenvalue weighted by molar-refractivity contribution is -0.139. The summed E-state index contributed by atoms with van der Waals surface area (Å²) in [6, 6.07) is 3.74. The molecule has 27 heavy (non-hydrogen) atoms. The van der Waals surface area contributed by atoms with Gasteiger partial charge < -0.3 is 14.9 Å². The summed E-state index contributed by atoms with van der Waals surface area (Å²) in [5.41, 5.74) is -3.10. The highest BCUT2D eigenvalue weighted by molar-refractivity contribution is 7.97. The maximum absolute atomic E-state index is 12.9. The number of halogens is 3. The molecule has 0 bridgehead atoms. The zero-order valence-corrected chi connectivity index (χ0v) is 17.7. The Kier molecular flexibility index (Phi) is 9.39. The third-order valence-corrected chi connectivity index (χ3v) is 4.98. The number of hydrogen-bond acceptors (Lipinski definition) is 5. The van der Waals surface area contributed by atoms with Crippen LogP contribution in [0.2, 0.25) is 0 Å². The largest absolute Gasteiger partial charge is 0.417 e. The minimum atomic E-state index is -4.43. The Bertz CT molecular complexity index is 585. The van der Waals surface area contributed by atoms with Crippen molar-refractivity contribution in [3.63, 3.8) is 0 Å². The summed E-state index contributed by atoms with van der Waals surface area (Å²) in [6.07, 6.45) is -4.43. The van der Waals surface area contributed by atoms with Gasteiger partial charge in [-0.1, -0.05) is 17.6 Å². The van der Waals surface area contributed by atoms with Gasteiger partial charge in [-0.05, 0) is 59.6 Å². The van der Waals surface area contributed by atoms with Gasteiger partial charge in [-0.3, -0.25) is 4.72 Å². The molecule has 0 spiro atoms. The Balaban J connectivity index is 0.000000713. The average Bonchev–Trinajstić information content (AvgIpc) is 2.43. The first-order chi connectivity index (χ1) is 11.9. The lowest BCUT2D eigenvalue weighted by atomic mass is 9.90. The highest BCUT2D eigenvalue weighted by Crippen LogP contribution is 2.35. The van der Waals surface area contributed by atoms with Gasteiger partial charge in [0.2, 0.25) is 0 Å². The van der Waals surface area contributed by atoms with Crippen molar-refractivity contribution in [2.24, 2.45) is 0 Å². The molecule has 0 unspecified atom stereocenters. The molecule has 0 aliphatic heterocycles. The second-order valence-corrected chi connectivity index (χ2v) is 8.74. The molecule has 0 aliphatic rings. The van der Waals surface area contributed by atoms with Crippen molar-refractivity contribution in [2.75, 3.05) is 13.7 Å². The van der Waals surface area contributed by atoms with E-state index in [1.165, 1.54) is 12.1 Å². The molecule has 0 atom stereocenters. The Morgan fingerprint density at radius 3 is 1.89 bits per heavy atom. The van der Waals surface area contributed by atoms with Gasteiger partial charge in [0, 0.05) is 17.5 Å². The lowest BCUT2D eigenvalue weighted by Crippen LogP contribution is -2.44. The summed E-state index contributed by atoms with van der Waals surface area (Å²) >= 11 is 0.924. The molecule has 0 fully saturated rings. The van der Waals surface area contributed by atoms with Gasteiger partial charge in [0.15, 0.2) is 0 Å². The Morgan fingerprint density at radius 2 is 1.52 bits per heavy atom. The van der Waals surface area contributed by atoms with E-state index >= 15 is 0 Å². The molecule has 0 heterocycles. The maximum atomic E-state index is 12.9. The number of rotatable bonds is 6. The minimum absolute atomic E-state index is 0.0888. The summed E-state index contributed by atoms with van der Waals surface area (Å²) in [6.45, 7) is 10.4. The van der Waals surface area contributed by atoms with Crippen molar-refractivity contribution in [3.8, 4) is 0 Å². The van der Waals surface area contributed by atoms with Crippen LogP contribution in [0.4, 0.5) is 13.2 Å². The molecule has 154 valence electrons. The van der Waals surface area contributed by atoms with Gasteiger partial charge in [-0.2, -0.15) is 13.2 Å². The number of methoxy groups -OCH3 is 1. The van der Waals surface area contributed by atoms with Crippen molar-refractivity contribution in [2.45, 2.75) is 69.4 Å². The molecule has 1 rings (SSSR count). The summed E-state index contributed by atoms with van der Waals surface area (Å²) in [5, 5.41) is 18.2. The third-order valence-electron chi connectivity index (χ3n) is 3.75. The highest BCUT2D eigenvalue weighted by Gasteiger charge is 2.34. The first kappa shape index (κ1) is 26.3. The van der Waals surface area contributed by atoms with E-state index in [1.807, 2.05) is 13.8 Å². The molecule has 9 heteroatoms. The third kappa shape index (κ3) is 9.85. The molecule has 0 amide bonds. The van der Waals surface area contributed by atoms with Crippen LogP contribution in [0.25, 0.3) is 0 Å². The number of hydrogen-bond donors (Lipinski definition) is 3. The fraction of sp³-hybridized carbons (Fsp3) is 0.667. The molecule has 0 saturated carbocycles. The molecule has 0 aromatic heterocycles. The van der Waals surface area contributed by atoms with Gasteiger partial charge in [0.05, 0.1) is 23.4 Å². The van der Waals surface area contributed by atoms with E-state index in [9.17, 15) is 13.2 Å². The summed E-state index contributed by atoms with van der Waals surface area (Å²) in [4.78, 5) is 0.0888. The molecule has 0 saturated heterocycles. The van der Waals surface area contributed by atoms with Crippen molar-refractivity contribution in [3.05, 3.63) is 23.8 Å². The zero-order valence-electron chi connectivity index (χ0n) is 16.9. The standard InChI is InChI=1S/C12H15BF3NOS.C6H14O2/c1-11(2,7-18-3)17-19-10-5-4-8(13)6-9(10)12(14,15)16;1-5(2,7)6(3,4)8/h4-6,17H,7H2,1-3H3;7-8H,1-4H3. The molecular weight excluding hydrogens is 378 g/mol. The lowest BCUT2D eigenvalue weighted by Gasteiger charge is -2.31. The fourth-order valence-electron chi connectivity index (χ4n) is 1.44. The van der Waals surface area contributed by atoms with Gasteiger partial charge in [-0.25, -0.2) is 0 Å². The van der Waals surface area contributed by atoms with Crippen molar-refractivity contribution >= 4 is 25.3 Å². The summed E-state index contributed by atoms with van der Waals surface area (Å²) in [5.74, 6) is 0. The van der Waals surface area contributed by atoms with Gasteiger partial charge in [-0.15, -0.1) is 0 Å². The van der Waals surface area contributed by atoms with E-state index in [-0.39, 0.29) is 10.4 Å². The first-order valence-corrected chi connectivity index (χ1v) is 9.07. The van der Waals surface area contributed by atoms with E-state index < -0.39 is 28.5 Å². The average molecular weight is 407 g/mol. The van der Waals surface area contributed by atoms with E-state index in [2.05, 4.69) is 4.72 Å². The van der Waals surface area contributed by atoms with Gasteiger partial charge in [0.25, 0.3) is 0 Å². The van der Waals surface area contributed by atoms with Crippen molar-refractivity contribution in [1.29, 1.82) is 0 Å². The first-order valence-electron chi connectivity index (χ1n) is 8.25. The predicted octanol–water partition coefficient (Wildman–Crippen LogP) is 3.05. The topological polar surface area (TPSA) is 61.7 Å². The molecular formula is C18H29BF3NO3S. The summed E-state index contributed by atoms with van der Waals surface area (Å²) in [7, 11) is 6.94. The fourth-order valence-corrected chi connectivity index (χ4v) is 2.31. The van der Waals surface area contributed by atoms with Crippen molar-refractivity contribution in [1.82, 2.24) is 4.72 Å². The van der Waals surface area contributed by atoms with Crippen LogP contribution in [0.3, 0.4) is 0 Å².